The van der Waals surface area contributed by atoms with Crippen LogP contribution in [0.4, 0.5) is 0 Å². The van der Waals surface area contributed by atoms with Crippen molar-refractivity contribution >= 4 is 0 Å². The van der Waals surface area contributed by atoms with Crippen LogP contribution in [0.5, 0.6) is 0 Å². The molecule has 0 saturated carbocycles. The fourth-order valence-corrected chi connectivity index (χ4v) is 3.18. The van der Waals surface area contributed by atoms with Gasteiger partial charge in [-0.05, 0) is 24.0 Å². The van der Waals surface area contributed by atoms with Crippen molar-refractivity contribution in [3.05, 3.63) is 118 Å². The van der Waals surface area contributed by atoms with Crippen molar-refractivity contribution < 1.29 is 26.2 Å². The predicted octanol–water partition coefficient (Wildman–Crippen LogP) is 6.61. The Balaban J connectivity index is 0.000000187. The molecule has 0 unspecified atom stereocenters. The van der Waals surface area contributed by atoms with Crippen LogP contribution in [0, 0.1) is 12.2 Å². The summed E-state index contributed by atoms with van der Waals surface area (Å²) in [6.07, 6.45) is 15.3. The van der Waals surface area contributed by atoms with E-state index in [1.54, 1.807) is 0 Å². The molecule has 2 aromatic rings. The van der Waals surface area contributed by atoms with E-state index in [0.29, 0.717) is 0 Å². The molecule has 0 radical (unpaired) electrons. The summed E-state index contributed by atoms with van der Waals surface area (Å²) in [6, 6.07) is 21.1. The van der Waals surface area contributed by atoms with E-state index in [2.05, 4.69) is 98.8 Å². The van der Waals surface area contributed by atoms with Crippen molar-refractivity contribution in [3.8, 4) is 0 Å². The molecule has 0 bridgehead atoms. The molecule has 134 valence electrons. The van der Waals surface area contributed by atoms with Crippen LogP contribution >= 0.6 is 0 Å². The van der Waals surface area contributed by atoms with Crippen molar-refractivity contribution in [3.63, 3.8) is 0 Å². The van der Waals surface area contributed by atoms with Crippen molar-refractivity contribution in [1.82, 2.24) is 0 Å². The van der Waals surface area contributed by atoms with E-state index in [9.17, 15) is 0 Å². The quantitative estimate of drug-likeness (QED) is 0.479. The Labute approximate surface area is 183 Å². The molecule has 2 aliphatic rings. The fraction of sp³-hybridized carbons (Fsp3) is 0.231. The molecule has 4 rings (SSSR count). The van der Waals surface area contributed by atoms with Gasteiger partial charge in [-0.3, -0.25) is 12.2 Å². The first-order valence-electron chi connectivity index (χ1n) is 9.34. The van der Waals surface area contributed by atoms with Gasteiger partial charge in [-0.15, -0.1) is 26.7 Å². The topological polar surface area (TPSA) is 0 Å². The van der Waals surface area contributed by atoms with Gasteiger partial charge in [0.1, 0.15) is 0 Å². The Kier molecular flexibility index (Phi) is 8.95. The predicted molar refractivity (Wildman–Crippen MR) is 111 cm³/mol. The summed E-state index contributed by atoms with van der Waals surface area (Å²) in [7, 11) is 0. The average Bonchev–Trinajstić information content (AvgIpc) is 3.26. The van der Waals surface area contributed by atoms with Crippen LogP contribution in [0.25, 0.3) is 0 Å². The number of rotatable bonds is 4. The van der Waals surface area contributed by atoms with Gasteiger partial charge >= 0.3 is 26.2 Å². The van der Waals surface area contributed by atoms with Crippen LogP contribution in [0.15, 0.2) is 95.1 Å². The van der Waals surface area contributed by atoms with Crippen LogP contribution in [0.2, 0.25) is 0 Å². The summed E-state index contributed by atoms with van der Waals surface area (Å²) < 4.78 is 0. The number of hydrogen-bond donors (Lipinski definition) is 0. The van der Waals surface area contributed by atoms with Crippen LogP contribution in [0.1, 0.15) is 37.8 Å². The van der Waals surface area contributed by atoms with Crippen molar-refractivity contribution in [2.75, 3.05) is 0 Å². The van der Waals surface area contributed by atoms with Gasteiger partial charge in [-0.2, -0.15) is 12.2 Å². The standard InChI is InChI=1S/2C13H13.Zr/c2*1-11-6-5-9-13(11)10-12-7-3-2-4-8-12;/h2*2-4,6-8H,5,10H2,1H3;/q2*-1;+2. The molecule has 0 spiro atoms. The first kappa shape index (κ1) is 21.6. The molecule has 0 fully saturated rings. The molecule has 0 nitrogen and oxygen atoms in total. The monoisotopic (exact) mass is 428 g/mol. The minimum absolute atomic E-state index is 0. The molecule has 2 aromatic carbocycles. The van der Waals surface area contributed by atoms with Crippen molar-refractivity contribution in [1.29, 1.82) is 0 Å². The molecule has 2 aliphatic carbocycles. The molecule has 27 heavy (non-hydrogen) atoms. The van der Waals surface area contributed by atoms with Crippen LogP contribution in [0.3, 0.4) is 0 Å². The third kappa shape index (κ3) is 6.74. The molecule has 0 aromatic heterocycles. The first-order chi connectivity index (χ1) is 12.7. The SMILES string of the molecule is CC1=CC[C-]=C1Cc1ccccc1.CC1=CC[C-]=C1Cc1ccccc1.[Zr+2]. The minimum Gasteiger partial charge on any atom is -0.269 e. The maximum Gasteiger partial charge on any atom is 2.00 e. The molecular formula is C26H26Zr. The molecular weight excluding hydrogens is 404 g/mol. The Bertz CT molecular complexity index is 763. The smallest absolute Gasteiger partial charge is 0.269 e. The van der Waals surface area contributed by atoms with Gasteiger partial charge in [-0.25, -0.2) is 22.3 Å². The van der Waals surface area contributed by atoms with E-state index in [1.165, 1.54) is 33.4 Å². The number of hydrogen-bond acceptors (Lipinski definition) is 0. The van der Waals surface area contributed by atoms with Crippen LogP contribution < -0.4 is 0 Å². The van der Waals surface area contributed by atoms with Gasteiger partial charge in [-0.1, -0.05) is 60.7 Å². The third-order valence-electron chi connectivity index (χ3n) is 4.85. The minimum atomic E-state index is 0. The fourth-order valence-electron chi connectivity index (χ4n) is 3.18. The Morgan fingerprint density at radius 1 is 0.630 bits per heavy atom. The van der Waals surface area contributed by atoms with Crippen molar-refractivity contribution in [2.24, 2.45) is 0 Å². The average molecular weight is 430 g/mol. The first-order valence-corrected chi connectivity index (χ1v) is 9.34. The second-order valence-corrected chi connectivity index (χ2v) is 6.82. The van der Waals surface area contributed by atoms with Gasteiger partial charge in [0.15, 0.2) is 0 Å². The zero-order valence-electron chi connectivity index (χ0n) is 16.3. The van der Waals surface area contributed by atoms with E-state index >= 15 is 0 Å². The van der Waals surface area contributed by atoms with E-state index in [4.69, 9.17) is 0 Å². The van der Waals surface area contributed by atoms with Gasteiger partial charge in [0.25, 0.3) is 0 Å². The van der Waals surface area contributed by atoms with E-state index in [1.807, 2.05) is 0 Å². The summed E-state index contributed by atoms with van der Waals surface area (Å²) in [4.78, 5) is 0. The zero-order chi connectivity index (χ0) is 18.2. The maximum absolute atomic E-state index is 3.38. The van der Waals surface area contributed by atoms with E-state index < -0.39 is 0 Å². The van der Waals surface area contributed by atoms with Gasteiger partial charge in [0.2, 0.25) is 0 Å². The maximum atomic E-state index is 3.38. The largest absolute Gasteiger partial charge is 2.00 e. The Morgan fingerprint density at radius 3 is 1.30 bits per heavy atom. The second kappa shape index (κ2) is 11.2. The van der Waals surface area contributed by atoms with Gasteiger partial charge in [0.05, 0.1) is 0 Å². The summed E-state index contributed by atoms with van der Waals surface area (Å²) in [5, 5.41) is 0. The zero-order valence-corrected chi connectivity index (χ0v) is 18.7. The second-order valence-electron chi connectivity index (χ2n) is 6.82. The molecule has 0 aliphatic heterocycles. The summed E-state index contributed by atoms with van der Waals surface area (Å²) in [5.41, 5.74) is 8.27. The molecule has 0 heterocycles. The summed E-state index contributed by atoms with van der Waals surface area (Å²) in [5.74, 6) is 0. The molecule has 0 amide bonds. The number of benzene rings is 2. The third-order valence-corrected chi connectivity index (χ3v) is 4.85. The summed E-state index contributed by atoms with van der Waals surface area (Å²) in [6.45, 7) is 4.33. The van der Waals surface area contributed by atoms with Crippen LogP contribution in [-0.4, -0.2) is 0 Å². The molecule has 0 saturated heterocycles. The Hall–Kier alpha value is -1.72. The van der Waals surface area contributed by atoms with Gasteiger partial charge < -0.3 is 0 Å². The van der Waals surface area contributed by atoms with Crippen LogP contribution in [-0.2, 0) is 39.0 Å². The van der Waals surface area contributed by atoms with E-state index in [-0.39, 0.29) is 26.2 Å². The molecule has 1 heteroatoms. The molecule has 0 atom stereocenters. The van der Waals surface area contributed by atoms with Gasteiger partial charge in [0, 0.05) is 0 Å². The normalized spacial score (nSPS) is 14.9. The Morgan fingerprint density at radius 2 is 1.00 bits per heavy atom. The number of allylic oxidation sites excluding steroid dienone is 8. The van der Waals surface area contributed by atoms with E-state index in [0.717, 1.165) is 25.7 Å². The van der Waals surface area contributed by atoms with Crippen molar-refractivity contribution in [2.45, 2.75) is 39.5 Å². The summed E-state index contributed by atoms with van der Waals surface area (Å²) >= 11 is 0. The molecule has 0 N–H and O–H groups in total.